The van der Waals surface area contributed by atoms with E-state index in [0.29, 0.717) is 40.4 Å². The Morgan fingerprint density at radius 2 is 1.62 bits per heavy atom. The van der Waals surface area contributed by atoms with Gasteiger partial charge in [0.15, 0.2) is 22.5 Å². The summed E-state index contributed by atoms with van der Waals surface area (Å²) in [6.07, 6.45) is 0. The largest absolute Gasteiger partial charge is 0.494 e. The lowest BCUT2D eigenvalue weighted by Crippen LogP contribution is -2.06. The Bertz CT molecular complexity index is 1040. The molecule has 0 N–H and O–H groups in total. The van der Waals surface area contributed by atoms with Crippen LogP contribution in [0.4, 0.5) is 0 Å². The second-order valence-electron chi connectivity index (χ2n) is 6.35. The van der Waals surface area contributed by atoms with Crippen LogP contribution in [0.15, 0.2) is 41.6 Å². The summed E-state index contributed by atoms with van der Waals surface area (Å²) in [6, 6.07) is 11.1. The molecule has 0 saturated heterocycles. The summed E-state index contributed by atoms with van der Waals surface area (Å²) in [4.78, 5) is 11.7. The summed E-state index contributed by atoms with van der Waals surface area (Å²) in [5.41, 5.74) is 1.50. The summed E-state index contributed by atoms with van der Waals surface area (Å²) < 4.78 is 28.5. The summed E-state index contributed by atoms with van der Waals surface area (Å²) in [7, 11) is 6.00. The highest BCUT2D eigenvalue weighted by molar-refractivity contribution is 7.99. The fourth-order valence-corrected chi connectivity index (χ4v) is 3.82. The van der Waals surface area contributed by atoms with Crippen molar-refractivity contribution in [1.82, 2.24) is 14.8 Å². The normalized spacial score (nSPS) is 10.5. The number of hydrogen-bond donors (Lipinski definition) is 0. The molecule has 9 nitrogen and oxygen atoms in total. The van der Waals surface area contributed by atoms with Crippen molar-refractivity contribution in [3.05, 3.63) is 36.4 Å². The van der Waals surface area contributed by atoms with Gasteiger partial charge in [0, 0.05) is 11.3 Å². The molecule has 0 unspecified atom stereocenters. The average molecular weight is 460 g/mol. The molecule has 170 valence electrons. The van der Waals surface area contributed by atoms with Gasteiger partial charge in [0.05, 0.1) is 40.8 Å². The average Bonchev–Trinajstić information content (AvgIpc) is 3.26. The van der Waals surface area contributed by atoms with Gasteiger partial charge in [-0.15, -0.1) is 10.2 Å². The maximum Gasteiger partial charge on any atom is 0.316 e. The topological polar surface area (TPSA) is 93.9 Å². The van der Waals surface area contributed by atoms with Gasteiger partial charge in [-0.05, 0) is 43.3 Å². The van der Waals surface area contributed by atoms with E-state index < -0.39 is 0 Å². The first-order chi connectivity index (χ1) is 15.6. The molecule has 3 aromatic rings. The molecule has 0 aliphatic carbocycles. The number of aromatic nitrogens is 3. The third-order valence-corrected chi connectivity index (χ3v) is 5.41. The Balaban J connectivity index is 2.14. The molecule has 0 fully saturated rings. The third kappa shape index (κ3) is 4.91. The lowest BCUT2D eigenvalue weighted by molar-refractivity contribution is -0.137. The molecule has 0 spiro atoms. The van der Waals surface area contributed by atoms with Crippen LogP contribution in [0.1, 0.15) is 6.92 Å². The molecule has 0 saturated carbocycles. The first kappa shape index (κ1) is 23.3. The summed E-state index contributed by atoms with van der Waals surface area (Å²) in [6.45, 7) is 2.50. The predicted molar refractivity (Wildman–Crippen MR) is 120 cm³/mol. The van der Waals surface area contributed by atoms with E-state index in [1.54, 1.807) is 33.5 Å². The van der Waals surface area contributed by atoms with Crippen molar-refractivity contribution >= 4 is 17.7 Å². The van der Waals surface area contributed by atoms with Crippen molar-refractivity contribution in [2.75, 3.05) is 40.8 Å². The van der Waals surface area contributed by atoms with Crippen LogP contribution in [-0.2, 0) is 9.53 Å². The summed E-state index contributed by atoms with van der Waals surface area (Å²) in [5.74, 6) is 2.50. The molecule has 0 aliphatic heterocycles. The van der Waals surface area contributed by atoms with E-state index in [1.165, 1.54) is 18.9 Å². The predicted octanol–water partition coefficient (Wildman–Crippen LogP) is 3.62. The number of hydrogen-bond acceptors (Lipinski definition) is 9. The highest BCUT2D eigenvalue weighted by atomic mass is 32.2. The maximum atomic E-state index is 11.7. The Morgan fingerprint density at radius 1 is 0.969 bits per heavy atom. The standard InChI is InChI=1S/C22H25N3O6S/c1-6-31-16-9-7-15(8-10-16)25-21(23-24-22(25)32-13-19(26)29-4)14-11-17(27-2)20(30-5)18(12-14)28-3/h7-12H,6,13H2,1-5H3. The molecule has 10 heteroatoms. The van der Waals surface area contributed by atoms with Crippen LogP contribution in [0.3, 0.4) is 0 Å². The molecule has 0 bridgehead atoms. The summed E-state index contributed by atoms with van der Waals surface area (Å²) >= 11 is 1.23. The van der Waals surface area contributed by atoms with E-state index in [4.69, 9.17) is 23.7 Å². The molecular formula is C22H25N3O6S. The highest BCUT2D eigenvalue weighted by Crippen LogP contribution is 2.41. The van der Waals surface area contributed by atoms with Gasteiger partial charge in [0.25, 0.3) is 0 Å². The number of benzene rings is 2. The second-order valence-corrected chi connectivity index (χ2v) is 7.29. The van der Waals surface area contributed by atoms with Crippen molar-refractivity contribution in [2.24, 2.45) is 0 Å². The monoisotopic (exact) mass is 459 g/mol. The van der Waals surface area contributed by atoms with E-state index in [1.807, 2.05) is 35.8 Å². The second kappa shape index (κ2) is 10.8. The maximum absolute atomic E-state index is 11.7. The quantitative estimate of drug-likeness (QED) is 0.333. The Morgan fingerprint density at radius 3 is 2.16 bits per heavy atom. The number of thioether (sulfide) groups is 1. The Hall–Kier alpha value is -3.40. The van der Waals surface area contributed by atoms with Crippen molar-refractivity contribution in [3.8, 4) is 40.1 Å². The van der Waals surface area contributed by atoms with E-state index in [9.17, 15) is 4.79 Å². The third-order valence-electron chi connectivity index (χ3n) is 4.51. The van der Waals surface area contributed by atoms with E-state index in [-0.39, 0.29) is 11.7 Å². The highest BCUT2D eigenvalue weighted by Gasteiger charge is 2.21. The number of methoxy groups -OCH3 is 4. The Labute approximate surface area is 190 Å². The fourth-order valence-electron chi connectivity index (χ4n) is 3.03. The fraction of sp³-hybridized carbons (Fsp3) is 0.318. The van der Waals surface area contributed by atoms with Gasteiger partial charge in [-0.3, -0.25) is 9.36 Å². The number of rotatable bonds is 10. The zero-order valence-electron chi connectivity index (χ0n) is 18.6. The van der Waals surface area contributed by atoms with Gasteiger partial charge >= 0.3 is 5.97 Å². The van der Waals surface area contributed by atoms with Crippen LogP contribution in [0.25, 0.3) is 17.1 Å². The van der Waals surface area contributed by atoms with Crippen LogP contribution in [0.2, 0.25) is 0 Å². The first-order valence-electron chi connectivity index (χ1n) is 9.74. The molecule has 2 aromatic carbocycles. The van der Waals surface area contributed by atoms with E-state index >= 15 is 0 Å². The van der Waals surface area contributed by atoms with Crippen LogP contribution in [-0.4, -0.2) is 61.5 Å². The molecule has 1 heterocycles. The van der Waals surface area contributed by atoms with Crippen molar-refractivity contribution < 1.29 is 28.5 Å². The van der Waals surface area contributed by atoms with Crippen LogP contribution >= 0.6 is 11.8 Å². The van der Waals surface area contributed by atoms with Gasteiger partial charge in [-0.1, -0.05) is 11.8 Å². The number of ether oxygens (including phenoxy) is 5. The van der Waals surface area contributed by atoms with E-state index in [0.717, 1.165) is 11.4 Å². The van der Waals surface area contributed by atoms with Gasteiger partial charge in [-0.2, -0.15) is 0 Å². The molecule has 0 radical (unpaired) electrons. The SMILES string of the molecule is CCOc1ccc(-n2c(SCC(=O)OC)nnc2-c2cc(OC)c(OC)c(OC)c2)cc1. The van der Waals surface area contributed by atoms with Gasteiger partial charge in [0.1, 0.15) is 5.75 Å². The number of nitrogens with zero attached hydrogens (tertiary/aromatic N) is 3. The Kier molecular flexibility index (Phi) is 7.82. The zero-order valence-corrected chi connectivity index (χ0v) is 19.4. The van der Waals surface area contributed by atoms with Gasteiger partial charge in [-0.25, -0.2) is 0 Å². The molecule has 0 amide bonds. The minimum atomic E-state index is -0.356. The summed E-state index contributed by atoms with van der Waals surface area (Å²) in [5, 5.41) is 9.23. The molecule has 32 heavy (non-hydrogen) atoms. The van der Waals surface area contributed by atoms with E-state index in [2.05, 4.69) is 10.2 Å². The van der Waals surface area contributed by atoms with Crippen molar-refractivity contribution in [1.29, 1.82) is 0 Å². The molecule has 1 aromatic heterocycles. The van der Waals surface area contributed by atoms with Crippen LogP contribution in [0.5, 0.6) is 23.0 Å². The lowest BCUT2D eigenvalue weighted by atomic mass is 10.1. The molecule has 0 aliphatic rings. The minimum absolute atomic E-state index is 0.0981. The van der Waals surface area contributed by atoms with Crippen LogP contribution < -0.4 is 18.9 Å². The lowest BCUT2D eigenvalue weighted by Gasteiger charge is -2.15. The van der Waals surface area contributed by atoms with Crippen molar-refractivity contribution in [3.63, 3.8) is 0 Å². The number of carbonyl (C=O) groups excluding carboxylic acids is 1. The van der Waals surface area contributed by atoms with Gasteiger partial charge < -0.3 is 23.7 Å². The van der Waals surface area contributed by atoms with Crippen molar-refractivity contribution in [2.45, 2.75) is 12.1 Å². The van der Waals surface area contributed by atoms with Crippen LogP contribution in [0, 0.1) is 0 Å². The first-order valence-corrected chi connectivity index (χ1v) is 10.7. The molecule has 0 atom stereocenters. The molecule has 3 rings (SSSR count). The minimum Gasteiger partial charge on any atom is -0.494 e. The molecular weight excluding hydrogens is 434 g/mol. The smallest absolute Gasteiger partial charge is 0.316 e. The number of carbonyl (C=O) groups is 1. The zero-order chi connectivity index (χ0) is 23.1. The van der Waals surface area contributed by atoms with Gasteiger partial charge in [0.2, 0.25) is 5.75 Å². The number of esters is 1.